The van der Waals surface area contributed by atoms with Crippen LogP contribution in [0.15, 0.2) is 0 Å². The number of hydrogen-bond acceptors (Lipinski definition) is 3. The molecule has 4 heteroatoms. The second-order valence-corrected chi connectivity index (χ2v) is 3.66. The van der Waals surface area contributed by atoms with Gasteiger partial charge in [-0.2, -0.15) is 5.06 Å². The molecule has 0 spiro atoms. The molecule has 1 aliphatic rings. The van der Waals surface area contributed by atoms with Crippen molar-refractivity contribution in [2.75, 3.05) is 31.7 Å². The Kier molecular flexibility index (Phi) is 2.63. The van der Waals surface area contributed by atoms with Gasteiger partial charge in [-0.05, 0) is 0 Å². The molecule has 0 saturated carbocycles. The summed E-state index contributed by atoms with van der Waals surface area (Å²) in [6.07, 6.45) is 0. The molecule has 0 N–H and O–H groups in total. The molecular weight excluding hydrogens is 138 g/mol. The monoisotopic (exact) mass is 149 g/mol. The standard InChI is InChI=1S/C5H11NO2S/c1-8-6-2-4-9(7)5-3-6/h2-5H2,1H3. The van der Waals surface area contributed by atoms with Crippen molar-refractivity contribution in [1.29, 1.82) is 0 Å². The molecule has 0 unspecified atom stereocenters. The van der Waals surface area contributed by atoms with Gasteiger partial charge in [0, 0.05) is 35.4 Å². The Morgan fingerprint density at radius 3 is 2.44 bits per heavy atom. The lowest BCUT2D eigenvalue weighted by atomic mass is 10.6. The van der Waals surface area contributed by atoms with E-state index < -0.39 is 10.8 Å². The van der Waals surface area contributed by atoms with Gasteiger partial charge in [-0.25, -0.2) is 0 Å². The fourth-order valence-electron chi connectivity index (χ4n) is 0.804. The van der Waals surface area contributed by atoms with E-state index in [9.17, 15) is 4.21 Å². The quantitative estimate of drug-likeness (QED) is 0.508. The van der Waals surface area contributed by atoms with Crippen LogP contribution >= 0.6 is 0 Å². The fourth-order valence-corrected chi connectivity index (χ4v) is 1.82. The predicted octanol–water partition coefficient (Wildman–Crippen LogP) is -0.388. The number of rotatable bonds is 1. The topological polar surface area (TPSA) is 29.5 Å². The van der Waals surface area contributed by atoms with E-state index in [0.29, 0.717) is 0 Å². The molecule has 54 valence electrons. The van der Waals surface area contributed by atoms with E-state index in [1.807, 2.05) is 5.06 Å². The van der Waals surface area contributed by atoms with Crippen LogP contribution in [0.4, 0.5) is 0 Å². The van der Waals surface area contributed by atoms with E-state index in [1.165, 1.54) is 0 Å². The maximum absolute atomic E-state index is 10.8. The van der Waals surface area contributed by atoms with Gasteiger partial charge in [-0.3, -0.25) is 4.21 Å². The zero-order valence-corrected chi connectivity index (χ0v) is 6.32. The Balaban J connectivity index is 2.26. The van der Waals surface area contributed by atoms with E-state index in [0.717, 1.165) is 24.6 Å². The van der Waals surface area contributed by atoms with Crippen molar-refractivity contribution in [2.45, 2.75) is 0 Å². The van der Waals surface area contributed by atoms with Crippen molar-refractivity contribution >= 4 is 10.8 Å². The minimum Gasteiger partial charge on any atom is -0.302 e. The van der Waals surface area contributed by atoms with Crippen molar-refractivity contribution in [3.05, 3.63) is 0 Å². The van der Waals surface area contributed by atoms with Gasteiger partial charge < -0.3 is 4.84 Å². The summed E-state index contributed by atoms with van der Waals surface area (Å²) >= 11 is 0. The van der Waals surface area contributed by atoms with Crippen molar-refractivity contribution < 1.29 is 9.05 Å². The highest BCUT2D eigenvalue weighted by Gasteiger charge is 2.13. The van der Waals surface area contributed by atoms with Crippen molar-refractivity contribution in [2.24, 2.45) is 0 Å². The number of hydroxylamine groups is 2. The number of hydrogen-bond donors (Lipinski definition) is 0. The van der Waals surface area contributed by atoms with E-state index >= 15 is 0 Å². The lowest BCUT2D eigenvalue weighted by Gasteiger charge is -2.22. The van der Waals surface area contributed by atoms with Crippen LogP contribution in [0, 0.1) is 0 Å². The fraction of sp³-hybridized carbons (Fsp3) is 1.00. The van der Waals surface area contributed by atoms with Gasteiger partial charge in [0.25, 0.3) is 0 Å². The molecule has 0 radical (unpaired) electrons. The molecule has 0 aromatic heterocycles. The average molecular weight is 149 g/mol. The van der Waals surface area contributed by atoms with E-state index in [4.69, 9.17) is 4.84 Å². The predicted molar refractivity (Wildman–Crippen MR) is 36.5 cm³/mol. The van der Waals surface area contributed by atoms with E-state index in [-0.39, 0.29) is 0 Å². The zero-order valence-electron chi connectivity index (χ0n) is 5.50. The van der Waals surface area contributed by atoms with Crippen LogP contribution < -0.4 is 0 Å². The van der Waals surface area contributed by atoms with Crippen LogP contribution in [0.25, 0.3) is 0 Å². The summed E-state index contributed by atoms with van der Waals surface area (Å²) in [5, 5.41) is 1.83. The van der Waals surface area contributed by atoms with Crippen LogP contribution in [0.2, 0.25) is 0 Å². The molecular formula is C5H11NO2S. The van der Waals surface area contributed by atoms with Gasteiger partial charge in [-0.15, -0.1) is 0 Å². The number of nitrogens with zero attached hydrogens (tertiary/aromatic N) is 1. The molecule has 0 aromatic carbocycles. The first-order valence-electron chi connectivity index (χ1n) is 2.97. The summed E-state index contributed by atoms with van der Waals surface area (Å²) in [6.45, 7) is 1.62. The molecule has 9 heavy (non-hydrogen) atoms. The maximum Gasteiger partial charge on any atom is 0.0575 e. The van der Waals surface area contributed by atoms with Gasteiger partial charge in [0.15, 0.2) is 0 Å². The normalized spacial score (nSPS) is 24.6. The summed E-state index contributed by atoms with van der Waals surface area (Å²) in [4.78, 5) is 4.94. The Labute approximate surface area is 57.4 Å². The molecule has 0 aliphatic carbocycles. The summed E-state index contributed by atoms with van der Waals surface area (Å²) < 4.78 is 10.8. The van der Waals surface area contributed by atoms with Crippen LogP contribution in [0.3, 0.4) is 0 Å². The Morgan fingerprint density at radius 2 is 2.00 bits per heavy atom. The zero-order chi connectivity index (χ0) is 6.69. The maximum atomic E-state index is 10.8. The van der Waals surface area contributed by atoms with Crippen molar-refractivity contribution in [1.82, 2.24) is 5.06 Å². The first-order valence-corrected chi connectivity index (χ1v) is 4.46. The average Bonchev–Trinajstić information content (AvgIpc) is 1.90. The minimum atomic E-state index is -0.584. The van der Waals surface area contributed by atoms with Crippen molar-refractivity contribution in [3.63, 3.8) is 0 Å². The SMILES string of the molecule is CON1CCS(=O)CC1. The molecule has 1 heterocycles. The Morgan fingerprint density at radius 1 is 1.44 bits per heavy atom. The van der Waals surface area contributed by atoms with Crippen LogP contribution in [0.1, 0.15) is 0 Å². The molecule has 1 saturated heterocycles. The summed E-state index contributed by atoms with van der Waals surface area (Å²) in [6, 6.07) is 0. The van der Waals surface area contributed by atoms with Crippen LogP contribution in [-0.2, 0) is 15.6 Å². The summed E-state index contributed by atoms with van der Waals surface area (Å²) in [5.74, 6) is 1.52. The van der Waals surface area contributed by atoms with Crippen molar-refractivity contribution in [3.8, 4) is 0 Å². The van der Waals surface area contributed by atoms with Crippen LogP contribution in [-0.4, -0.2) is 41.0 Å². The molecule has 0 aromatic rings. The second kappa shape index (κ2) is 3.29. The Bertz CT molecular complexity index is 108. The third kappa shape index (κ3) is 2.04. The smallest absolute Gasteiger partial charge is 0.0575 e. The van der Waals surface area contributed by atoms with E-state index in [1.54, 1.807) is 7.11 Å². The lowest BCUT2D eigenvalue weighted by Crippen LogP contribution is -2.36. The van der Waals surface area contributed by atoms with Gasteiger partial charge in [0.2, 0.25) is 0 Å². The van der Waals surface area contributed by atoms with Gasteiger partial charge >= 0.3 is 0 Å². The Hall–Kier alpha value is 0.0700. The first kappa shape index (κ1) is 7.18. The molecule has 1 aliphatic heterocycles. The molecule has 3 nitrogen and oxygen atoms in total. The largest absolute Gasteiger partial charge is 0.302 e. The lowest BCUT2D eigenvalue weighted by molar-refractivity contribution is -0.123. The highest BCUT2D eigenvalue weighted by Crippen LogP contribution is 1.98. The third-order valence-corrected chi connectivity index (χ3v) is 2.67. The highest BCUT2D eigenvalue weighted by molar-refractivity contribution is 7.85. The van der Waals surface area contributed by atoms with Gasteiger partial charge in [0.1, 0.15) is 0 Å². The summed E-state index contributed by atoms with van der Waals surface area (Å²) in [5.41, 5.74) is 0. The first-order chi connectivity index (χ1) is 4.33. The summed E-state index contributed by atoms with van der Waals surface area (Å²) in [7, 11) is 1.06. The highest BCUT2D eigenvalue weighted by atomic mass is 32.2. The molecule has 0 amide bonds. The molecule has 1 fully saturated rings. The van der Waals surface area contributed by atoms with Gasteiger partial charge in [0.05, 0.1) is 7.11 Å². The molecule has 0 atom stereocenters. The molecule has 0 bridgehead atoms. The van der Waals surface area contributed by atoms with Crippen LogP contribution in [0.5, 0.6) is 0 Å². The molecule has 1 rings (SSSR count). The second-order valence-electron chi connectivity index (χ2n) is 1.96. The van der Waals surface area contributed by atoms with E-state index in [2.05, 4.69) is 0 Å². The van der Waals surface area contributed by atoms with Gasteiger partial charge in [-0.1, -0.05) is 0 Å². The third-order valence-electron chi connectivity index (χ3n) is 1.39. The minimum absolute atomic E-state index is 0.584.